The number of aromatic nitrogens is 2. The molecule has 68 valence electrons. The molecule has 0 atom stereocenters. The Morgan fingerprint density at radius 3 is 2.58 bits per heavy atom. The number of aryl methyl sites for hydroxylation is 1. The van der Waals surface area contributed by atoms with Crippen LogP contribution in [0.15, 0.2) is 17.2 Å². The number of halogens is 1. The molecule has 1 rings (SSSR count). The SMILES string of the molecule is CC(C)n1ccn(CCCl)c1=O. The number of nitrogens with zero attached hydrogens (tertiary/aromatic N) is 2. The summed E-state index contributed by atoms with van der Waals surface area (Å²) in [4.78, 5) is 11.5. The van der Waals surface area contributed by atoms with Crippen LogP contribution in [0.4, 0.5) is 0 Å². The molecule has 0 unspecified atom stereocenters. The summed E-state index contributed by atoms with van der Waals surface area (Å²) in [5, 5.41) is 0. The summed E-state index contributed by atoms with van der Waals surface area (Å²) in [5.74, 6) is 0.474. The highest BCUT2D eigenvalue weighted by Gasteiger charge is 2.04. The molecule has 3 nitrogen and oxygen atoms in total. The highest BCUT2D eigenvalue weighted by atomic mass is 35.5. The number of alkyl halides is 1. The topological polar surface area (TPSA) is 26.9 Å². The smallest absolute Gasteiger partial charge is 0.298 e. The van der Waals surface area contributed by atoms with Gasteiger partial charge in [-0.05, 0) is 13.8 Å². The lowest BCUT2D eigenvalue weighted by Crippen LogP contribution is -2.25. The van der Waals surface area contributed by atoms with E-state index in [0.717, 1.165) is 0 Å². The van der Waals surface area contributed by atoms with Gasteiger partial charge < -0.3 is 0 Å². The maximum Gasteiger partial charge on any atom is 0.328 e. The van der Waals surface area contributed by atoms with Crippen molar-refractivity contribution >= 4 is 11.6 Å². The van der Waals surface area contributed by atoms with Crippen LogP contribution in [0.5, 0.6) is 0 Å². The summed E-state index contributed by atoms with van der Waals surface area (Å²) in [7, 11) is 0. The molecule has 0 aliphatic rings. The molecule has 0 amide bonds. The number of hydrogen-bond acceptors (Lipinski definition) is 1. The molecular weight excluding hydrogens is 176 g/mol. The molecule has 1 heterocycles. The largest absolute Gasteiger partial charge is 0.328 e. The van der Waals surface area contributed by atoms with Crippen molar-refractivity contribution < 1.29 is 0 Å². The predicted octanol–water partition coefficient (Wildman–Crippen LogP) is 1.47. The zero-order chi connectivity index (χ0) is 9.14. The lowest BCUT2D eigenvalue weighted by molar-refractivity contribution is 0.558. The molecule has 0 fully saturated rings. The van der Waals surface area contributed by atoms with E-state index in [4.69, 9.17) is 11.6 Å². The van der Waals surface area contributed by atoms with E-state index in [-0.39, 0.29) is 11.7 Å². The summed E-state index contributed by atoms with van der Waals surface area (Å²) >= 11 is 5.53. The molecular formula is C8H13ClN2O. The van der Waals surface area contributed by atoms with Gasteiger partial charge in [0.2, 0.25) is 0 Å². The quantitative estimate of drug-likeness (QED) is 0.660. The molecule has 0 aliphatic heterocycles. The maximum absolute atomic E-state index is 11.5. The minimum absolute atomic E-state index is 0.0191. The van der Waals surface area contributed by atoms with Crippen LogP contribution in [-0.2, 0) is 6.54 Å². The molecule has 0 saturated heterocycles. The van der Waals surface area contributed by atoms with E-state index in [1.807, 2.05) is 13.8 Å². The first-order chi connectivity index (χ1) is 5.66. The van der Waals surface area contributed by atoms with E-state index >= 15 is 0 Å². The average molecular weight is 189 g/mol. The molecule has 0 spiro atoms. The summed E-state index contributed by atoms with van der Waals surface area (Å²) in [6, 6.07) is 0.217. The highest BCUT2D eigenvalue weighted by molar-refractivity contribution is 6.17. The van der Waals surface area contributed by atoms with Crippen molar-refractivity contribution in [2.24, 2.45) is 0 Å². The van der Waals surface area contributed by atoms with Crippen LogP contribution in [0.3, 0.4) is 0 Å². The first-order valence-corrected chi connectivity index (χ1v) is 4.53. The fourth-order valence-corrected chi connectivity index (χ4v) is 1.26. The number of hydrogen-bond donors (Lipinski definition) is 0. The number of imidazole rings is 1. The van der Waals surface area contributed by atoms with Gasteiger partial charge in [0, 0.05) is 30.9 Å². The van der Waals surface area contributed by atoms with Crippen molar-refractivity contribution in [3.05, 3.63) is 22.9 Å². The van der Waals surface area contributed by atoms with Gasteiger partial charge in [-0.3, -0.25) is 9.13 Å². The Hall–Kier alpha value is -0.700. The fourth-order valence-electron chi connectivity index (χ4n) is 1.08. The molecule has 0 saturated carbocycles. The van der Waals surface area contributed by atoms with E-state index in [9.17, 15) is 4.79 Å². The Balaban J connectivity index is 2.97. The van der Waals surface area contributed by atoms with Crippen molar-refractivity contribution in [3.63, 3.8) is 0 Å². The van der Waals surface area contributed by atoms with Crippen LogP contribution in [0.1, 0.15) is 19.9 Å². The van der Waals surface area contributed by atoms with E-state index < -0.39 is 0 Å². The second-order valence-corrected chi connectivity index (χ2v) is 3.34. The van der Waals surface area contributed by atoms with Gasteiger partial charge >= 0.3 is 5.69 Å². The van der Waals surface area contributed by atoms with Gasteiger partial charge in [0.1, 0.15) is 0 Å². The Kier molecular flexibility index (Phi) is 2.98. The molecule has 0 aliphatic carbocycles. The summed E-state index contributed by atoms with van der Waals surface area (Å²) < 4.78 is 3.31. The average Bonchev–Trinajstić information content (AvgIpc) is 2.34. The van der Waals surface area contributed by atoms with Crippen molar-refractivity contribution in [2.45, 2.75) is 26.4 Å². The highest BCUT2D eigenvalue weighted by Crippen LogP contribution is 1.98. The normalized spacial score (nSPS) is 11.0. The van der Waals surface area contributed by atoms with Crippen LogP contribution in [0, 0.1) is 0 Å². The molecule has 0 bridgehead atoms. The third-order valence-electron chi connectivity index (χ3n) is 1.76. The van der Waals surface area contributed by atoms with Gasteiger partial charge in [0.15, 0.2) is 0 Å². The standard InChI is InChI=1S/C8H13ClN2O/c1-7(2)11-6-5-10(4-3-9)8(11)12/h5-7H,3-4H2,1-2H3. The van der Waals surface area contributed by atoms with E-state index in [1.54, 1.807) is 21.5 Å². The molecule has 12 heavy (non-hydrogen) atoms. The monoisotopic (exact) mass is 188 g/mol. The van der Waals surface area contributed by atoms with E-state index in [2.05, 4.69) is 0 Å². The van der Waals surface area contributed by atoms with Crippen LogP contribution in [-0.4, -0.2) is 15.0 Å². The molecule has 0 N–H and O–H groups in total. The van der Waals surface area contributed by atoms with E-state index in [0.29, 0.717) is 12.4 Å². The Morgan fingerprint density at radius 2 is 2.17 bits per heavy atom. The summed E-state index contributed by atoms with van der Waals surface area (Å²) in [5.41, 5.74) is 0.0191. The minimum Gasteiger partial charge on any atom is -0.298 e. The van der Waals surface area contributed by atoms with Gasteiger partial charge in [-0.1, -0.05) is 0 Å². The van der Waals surface area contributed by atoms with Crippen LogP contribution >= 0.6 is 11.6 Å². The molecule has 1 aromatic heterocycles. The second-order valence-electron chi connectivity index (χ2n) is 2.96. The molecule has 1 aromatic rings. The van der Waals surface area contributed by atoms with Gasteiger partial charge in [0.25, 0.3) is 0 Å². The van der Waals surface area contributed by atoms with Gasteiger partial charge in [0.05, 0.1) is 0 Å². The van der Waals surface area contributed by atoms with Crippen molar-refractivity contribution in [3.8, 4) is 0 Å². The van der Waals surface area contributed by atoms with Gasteiger partial charge in [-0.15, -0.1) is 11.6 Å². The van der Waals surface area contributed by atoms with Gasteiger partial charge in [-0.2, -0.15) is 0 Å². The number of rotatable bonds is 3. The molecule has 0 aromatic carbocycles. The van der Waals surface area contributed by atoms with Crippen molar-refractivity contribution in [1.29, 1.82) is 0 Å². The lowest BCUT2D eigenvalue weighted by atomic mass is 10.4. The van der Waals surface area contributed by atoms with Crippen LogP contribution in [0.2, 0.25) is 0 Å². The van der Waals surface area contributed by atoms with Gasteiger partial charge in [-0.25, -0.2) is 4.79 Å². The van der Waals surface area contributed by atoms with E-state index in [1.165, 1.54) is 0 Å². The first-order valence-electron chi connectivity index (χ1n) is 4.00. The fraction of sp³-hybridized carbons (Fsp3) is 0.625. The molecule has 4 heteroatoms. The zero-order valence-corrected chi connectivity index (χ0v) is 8.08. The maximum atomic E-state index is 11.5. The third kappa shape index (κ3) is 1.72. The van der Waals surface area contributed by atoms with Crippen molar-refractivity contribution in [1.82, 2.24) is 9.13 Å². The summed E-state index contributed by atoms with van der Waals surface area (Å²) in [6.07, 6.45) is 3.56. The van der Waals surface area contributed by atoms with Crippen LogP contribution < -0.4 is 5.69 Å². The lowest BCUT2D eigenvalue weighted by Gasteiger charge is -2.03. The third-order valence-corrected chi connectivity index (χ3v) is 1.92. The zero-order valence-electron chi connectivity index (χ0n) is 7.33. The predicted molar refractivity (Wildman–Crippen MR) is 49.8 cm³/mol. The first kappa shape index (κ1) is 9.39. The summed E-state index contributed by atoms with van der Waals surface area (Å²) in [6.45, 7) is 4.54. The second kappa shape index (κ2) is 3.81. The molecule has 0 radical (unpaired) electrons. The van der Waals surface area contributed by atoms with Crippen molar-refractivity contribution in [2.75, 3.05) is 5.88 Å². The Labute approximate surface area is 76.6 Å². The Morgan fingerprint density at radius 1 is 1.50 bits per heavy atom. The van der Waals surface area contributed by atoms with Crippen LogP contribution in [0.25, 0.3) is 0 Å². The Bertz CT molecular complexity index is 300. The minimum atomic E-state index is 0.0191.